The van der Waals surface area contributed by atoms with Crippen molar-refractivity contribution in [1.82, 2.24) is 10.6 Å². The van der Waals surface area contributed by atoms with Crippen LogP contribution in [0.1, 0.15) is 45.1 Å². The molecule has 0 spiro atoms. The predicted octanol–water partition coefficient (Wildman–Crippen LogP) is 0.491. The number of nitrogens with two attached hydrogens (primary N) is 2. The van der Waals surface area contributed by atoms with Gasteiger partial charge in [0.2, 0.25) is 11.8 Å². The van der Waals surface area contributed by atoms with E-state index in [-0.39, 0.29) is 24.5 Å². The topological polar surface area (TPSA) is 168 Å². The normalized spacial score (nSPS) is 14.0. The molecule has 1 aromatic rings. The predicted molar refractivity (Wildman–Crippen MR) is 114 cm³/mol. The number of carbonyl (C=O) groups excluding carboxylic acids is 2. The van der Waals surface area contributed by atoms with Crippen molar-refractivity contribution >= 4 is 17.8 Å². The van der Waals surface area contributed by atoms with E-state index in [9.17, 15) is 24.6 Å². The SMILES string of the molecule is CC(C)CC(N)C(=O)NC(Cc1ccc(O)cc1)C(=O)NC(CCCCN)C(=O)O. The highest BCUT2D eigenvalue weighted by molar-refractivity contribution is 5.91. The molecule has 30 heavy (non-hydrogen) atoms. The fourth-order valence-corrected chi connectivity index (χ4v) is 2.99. The molecule has 3 unspecified atom stereocenters. The average Bonchev–Trinajstić information content (AvgIpc) is 2.67. The first-order valence-electron chi connectivity index (χ1n) is 10.2. The molecule has 0 aliphatic rings. The van der Waals surface area contributed by atoms with Crippen LogP contribution in [0, 0.1) is 5.92 Å². The molecule has 0 saturated carbocycles. The maximum absolute atomic E-state index is 12.8. The summed E-state index contributed by atoms with van der Waals surface area (Å²) < 4.78 is 0. The molecule has 0 aliphatic heterocycles. The van der Waals surface area contributed by atoms with E-state index in [1.165, 1.54) is 12.1 Å². The van der Waals surface area contributed by atoms with Gasteiger partial charge in [0.05, 0.1) is 6.04 Å². The summed E-state index contributed by atoms with van der Waals surface area (Å²) in [6.45, 7) is 4.31. The highest BCUT2D eigenvalue weighted by Crippen LogP contribution is 2.12. The molecule has 1 aromatic carbocycles. The minimum absolute atomic E-state index is 0.0774. The Morgan fingerprint density at radius 1 is 1.00 bits per heavy atom. The van der Waals surface area contributed by atoms with Crippen LogP contribution < -0.4 is 22.1 Å². The fourth-order valence-electron chi connectivity index (χ4n) is 2.99. The molecule has 0 fully saturated rings. The van der Waals surface area contributed by atoms with E-state index in [1.54, 1.807) is 12.1 Å². The summed E-state index contributed by atoms with van der Waals surface area (Å²) in [5.74, 6) is -1.94. The van der Waals surface area contributed by atoms with E-state index in [2.05, 4.69) is 10.6 Å². The minimum Gasteiger partial charge on any atom is -0.508 e. The number of benzene rings is 1. The quantitative estimate of drug-likeness (QED) is 0.251. The van der Waals surface area contributed by atoms with Crippen LogP contribution in [0.5, 0.6) is 5.75 Å². The number of unbranched alkanes of at least 4 members (excludes halogenated alkanes) is 1. The average molecular weight is 423 g/mol. The lowest BCUT2D eigenvalue weighted by atomic mass is 10.0. The zero-order valence-corrected chi connectivity index (χ0v) is 17.6. The molecule has 9 nitrogen and oxygen atoms in total. The van der Waals surface area contributed by atoms with Crippen molar-refractivity contribution in [1.29, 1.82) is 0 Å². The van der Waals surface area contributed by atoms with Gasteiger partial charge in [-0.1, -0.05) is 26.0 Å². The number of phenolic OH excluding ortho intramolecular Hbond substituents is 1. The standard InChI is InChI=1S/C21H34N4O5/c1-13(2)11-16(23)19(27)25-18(12-14-6-8-15(26)9-7-14)20(28)24-17(21(29)30)5-3-4-10-22/h6-9,13,16-18,26H,3-5,10-12,22-23H2,1-2H3,(H,24,28)(H,25,27)(H,29,30). The summed E-state index contributed by atoms with van der Waals surface area (Å²) in [7, 11) is 0. The fraction of sp³-hybridized carbons (Fsp3) is 0.571. The Balaban J connectivity index is 2.93. The van der Waals surface area contributed by atoms with Gasteiger partial charge in [-0.3, -0.25) is 9.59 Å². The van der Waals surface area contributed by atoms with E-state index in [1.807, 2.05) is 13.8 Å². The van der Waals surface area contributed by atoms with Gasteiger partial charge in [0.1, 0.15) is 17.8 Å². The molecule has 9 heteroatoms. The molecule has 0 heterocycles. The highest BCUT2D eigenvalue weighted by atomic mass is 16.4. The number of carbonyl (C=O) groups is 3. The third kappa shape index (κ3) is 9.23. The number of rotatable bonds is 13. The number of nitrogens with one attached hydrogen (secondary N) is 2. The molecular weight excluding hydrogens is 388 g/mol. The molecule has 0 saturated heterocycles. The molecule has 1 rings (SSSR count). The Hall–Kier alpha value is -2.65. The highest BCUT2D eigenvalue weighted by Gasteiger charge is 2.28. The van der Waals surface area contributed by atoms with Crippen LogP contribution in [0.4, 0.5) is 0 Å². The Kier molecular flexibility index (Phi) is 10.8. The number of amides is 2. The second kappa shape index (κ2) is 12.8. The lowest BCUT2D eigenvalue weighted by Crippen LogP contribution is -2.55. The van der Waals surface area contributed by atoms with Crippen LogP contribution in [-0.4, -0.2) is 52.7 Å². The third-order valence-electron chi connectivity index (χ3n) is 4.63. The lowest BCUT2D eigenvalue weighted by Gasteiger charge is -2.23. The van der Waals surface area contributed by atoms with Gasteiger partial charge in [0.25, 0.3) is 0 Å². The molecule has 2 amide bonds. The molecule has 8 N–H and O–H groups in total. The molecule has 0 aliphatic carbocycles. The Bertz CT molecular complexity index is 693. The van der Waals surface area contributed by atoms with Gasteiger partial charge in [-0.05, 0) is 55.8 Å². The summed E-state index contributed by atoms with van der Waals surface area (Å²) in [5, 5.41) is 24.0. The smallest absolute Gasteiger partial charge is 0.326 e. The van der Waals surface area contributed by atoms with Crippen molar-refractivity contribution < 1.29 is 24.6 Å². The summed E-state index contributed by atoms with van der Waals surface area (Å²) in [5.41, 5.74) is 12.1. The monoisotopic (exact) mass is 422 g/mol. The van der Waals surface area contributed by atoms with Crippen molar-refractivity contribution in [3.8, 4) is 5.75 Å². The number of phenols is 1. The van der Waals surface area contributed by atoms with Crippen LogP contribution in [0.2, 0.25) is 0 Å². The van der Waals surface area contributed by atoms with Crippen LogP contribution in [-0.2, 0) is 20.8 Å². The van der Waals surface area contributed by atoms with Crippen LogP contribution >= 0.6 is 0 Å². The van der Waals surface area contributed by atoms with E-state index < -0.39 is 35.9 Å². The summed E-state index contributed by atoms with van der Waals surface area (Å²) in [6.07, 6.45) is 2.03. The zero-order chi connectivity index (χ0) is 22.7. The van der Waals surface area contributed by atoms with Crippen LogP contribution in [0.15, 0.2) is 24.3 Å². The second-order valence-corrected chi connectivity index (χ2v) is 7.85. The van der Waals surface area contributed by atoms with Crippen molar-refractivity contribution in [3.63, 3.8) is 0 Å². The number of hydrogen-bond acceptors (Lipinski definition) is 6. The summed E-state index contributed by atoms with van der Waals surface area (Å²) >= 11 is 0. The van der Waals surface area contributed by atoms with Gasteiger partial charge in [-0.15, -0.1) is 0 Å². The number of carboxylic acid groups (broad SMARTS) is 1. The second-order valence-electron chi connectivity index (χ2n) is 7.85. The van der Waals surface area contributed by atoms with Crippen LogP contribution in [0.25, 0.3) is 0 Å². The first kappa shape index (κ1) is 25.4. The first-order valence-corrected chi connectivity index (χ1v) is 10.2. The molecular formula is C21H34N4O5. The van der Waals surface area contributed by atoms with Crippen LogP contribution in [0.3, 0.4) is 0 Å². The Morgan fingerprint density at radius 3 is 2.13 bits per heavy atom. The van der Waals surface area contributed by atoms with Crippen molar-refractivity contribution in [2.45, 2.75) is 64.1 Å². The van der Waals surface area contributed by atoms with E-state index in [4.69, 9.17) is 11.5 Å². The Morgan fingerprint density at radius 2 is 1.60 bits per heavy atom. The summed E-state index contributed by atoms with van der Waals surface area (Å²) in [4.78, 5) is 36.8. The lowest BCUT2D eigenvalue weighted by molar-refractivity contribution is -0.142. The molecule has 0 aromatic heterocycles. The summed E-state index contributed by atoms with van der Waals surface area (Å²) in [6, 6.07) is 3.36. The molecule has 0 radical (unpaired) electrons. The van der Waals surface area contributed by atoms with Crippen molar-refractivity contribution in [2.75, 3.05) is 6.54 Å². The van der Waals surface area contributed by atoms with Gasteiger partial charge in [-0.25, -0.2) is 4.79 Å². The zero-order valence-electron chi connectivity index (χ0n) is 17.6. The Labute approximate surface area is 177 Å². The number of aromatic hydroxyl groups is 1. The van der Waals surface area contributed by atoms with E-state index in [0.717, 1.165) is 0 Å². The number of hydrogen-bond donors (Lipinski definition) is 6. The van der Waals surface area contributed by atoms with Gasteiger partial charge in [-0.2, -0.15) is 0 Å². The van der Waals surface area contributed by atoms with E-state index >= 15 is 0 Å². The number of carboxylic acids is 1. The van der Waals surface area contributed by atoms with Gasteiger partial charge < -0.3 is 32.3 Å². The van der Waals surface area contributed by atoms with Gasteiger partial charge in [0, 0.05) is 6.42 Å². The molecule has 0 bridgehead atoms. The van der Waals surface area contributed by atoms with Crippen molar-refractivity contribution in [2.24, 2.45) is 17.4 Å². The van der Waals surface area contributed by atoms with E-state index in [0.29, 0.717) is 31.4 Å². The maximum Gasteiger partial charge on any atom is 0.326 e. The first-order chi connectivity index (χ1) is 14.1. The van der Waals surface area contributed by atoms with Crippen molar-refractivity contribution in [3.05, 3.63) is 29.8 Å². The third-order valence-corrected chi connectivity index (χ3v) is 4.63. The molecule has 3 atom stereocenters. The number of aliphatic carboxylic acids is 1. The maximum atomic E-state index is 12.8. The largest absolute Gasteiger partial charge is 0.508 e. The minimum atomic E-state index is -1.15. The van der Waals surface area contributed by atoms with Gasteiger partial charge >= 0.3 is 5.97 Å². The van der Waals surface area contributed by atoms with Gasteiger partial charge in [0.15, 0.2) is 0 Å². The molecule has 168 valence electrons.